The minimum atomic E-state index is -0.174. The van der Waals surface area contributed by atoms with Crippen LogP contribution in [-0.2, 0) is 16.1 Å². The zero-order valence-electron chi connectivity index (χ0n) is 12.8. The van der Waals surface area contributed by atoms with Gasteiger partial charge in [0.25, 0.3) is 0 Å². The summed E-state index contributed by atoms with van der Waals surface area (Å²) in [5.41, 5.74) is 7.41. The van der Waals surface area contributed by atoms with Crippen LogP contribution in [0.1, 0.15) is 44.6 Å². The first-order valence-electron chi connectivity index (χ1n) is 7.90. The molecule has 1 unspecified atom stereocenters. The van der Waals surface area contributed by atoms with Gasteiger partial charge in [-0.1, -0.05) is 38.3 Å². The Labute approximate surface area is 127 Å². The fourth-order valence-electron chi connectivity index (χ4n) is 2.56. The fourth-order valence-corrected chi connectivity index (χ4v) is 2.56. The van der Waals surface area contributed by atoms with E-state index in [-0.39, 0.29) is 11.8 Å². The van der Waals surface area contributed by atoms with Crippen LogP contribution < -0.4 is 11.1 Å². The Morgan fingerprint density at radius 3 is 2.86 bits per heavy atom. The molecule has 1 fully saturated rings. The summed E-state index contributed by atoms with van der Waals surface area (Å²) in [4.78, 5) is 11.8. The van der Waals surface area contributed by atoms with Crippen LogP contribution in [0, 0.1) is 5.92 Å². The second kappa shape index (κ2) is 8.15. The largest absolute Gasteiger partial charge is 0.374 e. The molecular formula is C17H26N2O2. The van der Waals surface area contributed by atoms with Gasteiger partial charge in [0.2, 0.25) is 5.91 Å². The van der Waals surface area contributed by atoms with Gasteiger partial charge in [-0.05, 0) is 30.5 Å². The van der Waals surface area contributed by atoms with Crippen molar-refractivity contribution in [3.8, 4) is 0 Å². The van der Waals surface area contributed by atoms with Crippen LogP contribution in [0.25, 0.3) is 0 Å². The maximum absolute atomic E-state index is 11.8. The van der Waals surface area contributed by atoms with E-state index < -0.39 is 0 Å². The molecule has 1 aliphatic carbocycles. The van der Waals surface area contributed by atoms with Crippen molar-refractivity contribution in [3.63, 3.8) is 0 Å². The van der Waals surface area contributed by atoms with Crippen LogP contribution in [0.3, 0.4) is 0 Å². The predicted molar refractivity (Wildman–Crippen MR) is 85.0 cm³/mol. The van der Waals surface area contributed by atoms with E-state index in [0.29, 0.717) is 19.3 Å². The number of hydrogen-bond donors (Lipinski definition) is 2. The van der Waals surface area contributed by atoms with Gasteiger partial charge in [-0.3, -0.25) is 4.79 Å². The average Bonchev–Trinajstić information content (AvgIpc) is 2.53. The van der Waals surface area contributed by atoms with Crippen molar-refractivity contribution >= 4 is 11.6 Å². The Kier molecular flexibility index (Phi) is 6.21. The minimum Gasteiger partial charge on any atom is -0.374 e. The van der Waals surface area contributed by atoms with Crippen LogP contribution in [0.2, 0.25) is 0 Å². The number of carbonyl (C=O) groups is 1. The molecule has 0 aromatic heterocycles. The van der Waals surface area contributed by atoms with Crippen molar-refractivity contribution < 1.29 is 9.53 Å². The number of nitrogens with two attached hydrogens (primary N) is 1. The maximum Gasteiger partial charge on any atom is 0.228 e. The van der Waals surface area contributed by atoms with Gasteiger partial charge in [0, 0.05) is 18.2 Å². The van der Waals surface area contributed by atoms with Gasteiger partial charge in [0.05, 0.1) is 12.7 Å². The molecule has 1 aromatic carbocycles. The highest BCUT2D eigenvalue weighted by Crippen LogP contribution is 2.22. The standard InChI is InChI=1S/C17H26N2O2/c1-13(11-18)17(20)19-15-7-5-6-14(10-15)12-21-16-8-3-2-4-9-16/h5-7,10,13,16H,2-4,8-9,11-12,18H2,1H3,(H,19,20). The van der Waals surface area contributed by atoms with E-state index in [1.807, 2.05) is 31.2 Å². The Morgan fingerprint density at radius 2 is 2.14 bits per heavy atom. The van der Waals surface area contributed by atoms with Gasteiger partial charge in [-0.25, -0.2) is 0 Å². The van der Waals surface area contributed by atoms with Crippen LogP contribution in [0.15, 0.2) is 24.3 Å². The predicted octanol–water partition coefficient (Wildman–Crippen LogP) is 3.07. The number of anilines is 1. The second-order valence-corrected chi connectivity index (χ2v) is 5.90. The summed E-state index contributed by atoms with van der Waals surface area (Å²) in [7, 11) is 0. The fraction of sp³-hybridized carbons (Fsp3) is 0.588. The number of benzene rings is 1. The molecule has 1 atom stereocenters. The zero-order valence-corrected chi connectivity index (χ0v) is 12.8. The smallest absolute Gasteiger partial charge is 0.228 e. The van der Waals surface area contributed by atoms with E-state index in [0.717, 1.165) is 11.3 Å². The van der Waals surface area contributed by atoms with Gasteiger partial charge in [0.15, 0.2) is 0 Å². The molecule has 0 radical (unpaired) electrons. The Morgan fingerprint density at radius 1 is 1.38 bits per heavy atom. The lowest BCUT2D eigenvalue weighted by molar-refractivity contribution is -0.119. The van der Waals surface area contributed by atoms with Gasteiger partial charge in [-0.15, -0.1) is 0 Å². The van der Waals surface area contributed by atoms with Crippen molar-refractivity contribution in [2.24, 2.45) is 11.7 Å². The Hall–Kier alpha value is -1.39. The van der Waals surface area contributed by atoms with E-state index in [2.05, 4.69) is 5.32 Å². The molecule has 2 rings (SSSR count). The molecule has 116 valence electrons. The lowest BCUT2D eigenvalue weighted by Gasteiger charge is -2.22. The Bertz CT molecular complexity index is 456. The number of ether oxygens (including phenoxy) is 1. The first-order valence-corrected chi connectivity index (χ1v) is 7.90. The first-order chi connectivity index (χ1) is 10.2. The van der Waals surface area contributed by atoms with E-state index in [9.17, 15) is 4.79 Å². The molecule has 1 aliphatic rings. The first kappa shape index (κ1) is 16.0. The summed E-state index contributed by atoms with van der Waals surface area (Å²) in [5.74, 6) is -0.213. The molecule has 4 heteroatoms. The number of amides is 1. The molecule has 0 saturated heterocycles. The average molecular weight is 290 g/mol. The third kappa shape index (κ3) is 5.14. The van der Waals surface area contributed by atoms with Crippen LogP contribution in [-0.4, -0.2) is 18.6 Å². The molecule has 1 amide bonds. The topological polar surface area (TPSA) is 64.4 Å². The molecule has 4 nitrogen and oxygen atoms in total. The molecule has 3 N–H and O–H groups in total. The highest BCUT2D eigenvalue weighted by atomic mass is 16.5. The summed E-state index contributed by atoms with van der Waals surface area (Å²) >= 11 is 0. The van der Waals surface area contributed by atoms with Crippen LogP contribution in [0.5, 0.6) is 0 Å². The molecule has 0 aliphatic heterocycles. The van der Waals surface area contributed by atoms with Crippen LogP contribution in [0.4, 0.5) is 5.69 Å². The molecule has 0 spiro atoms. The molecular weight excluding hydrogens is 264 g/mol. The highest BCUT2D eigenvalue weighted by molar-refractivity contribution is 5.92. The van der Waals surface area contributed by atoms with Gasteiger partial charge in [-0.2, -0.15) is 0 Å². The van der Waals surface area contributed by atoms with Crippen molar-refractivity contribution in [2.75, 3.05) is 11.9 Å². The number of hydrogen-bond acceptors (Lipinski definition) is 3. The molecule has 0 heterocycles. The van der Waals surface area contributed by atoms with E-state index in [1.165, 1.54) is 32.1 Å². The van der Waals surface area contributed by atoms with Crippen molar-refractivity contribution in [1.29, 1.82) is 0 Å². The van der Waals surface area contributed by atoms with E-state index >= 15 is 0 Å². The molecule has 21 heavy (non-hydrogen) atoms. The van der Waals surface area contributed by atoms with Crippen molar-refractivity contribution in [3.05, 3.63) is 29.8 Å². The third-order valence-electron chi connectivity index (χ3n) is 4.03. The van der Waals surface area contributed by atoms with E-state index in [4.69, 9.17) is 10.5 Å². The van der Waals surface area contributed by atoms with Crippen LogP contribution >= 0.6 is 0 Å². The van der Waals surface area contributed by atoms with E-state index in [1.54, 1.807) is 0 Å². The quantitative estimate of drug-likeness (QED) is 0.846. The van der Waals surface area contributed by atoms with Crippen molar-refractivity contribution in [2.45, 2.75) is 51.7 Å². The highest BCUT2D eigenvalue weighted by Gasteiger charge is 2.14. The molecule has 1 saturated carbocycles. The Balaban J connectivity index is 1.86. The summed E-state index contributed by atoms with van der Waals surface area (Å²) in [6.45, 7) is 2.79. The lowest BCUT2D eigenvalue weighted by Crippen LogP contribution is -2.26. The lowest BCUT2D eigenvalue weighted by atomic mass is 9.98. The van der Waals surface area contributed by atoms with Crippen molar-refractivity contribution in [1.82, 2.24) is 0 Å². The number of carbonyl (C=O) groups excluding carboxylic acids is 1. The monoisotopic (exact) mass is 290 g/mol. The normalized spacial score (nSPS) is 17.4. The summed E-state index contributed by atoms with van der Waals surface area (Å²) < 4.78 is 5.96. The number of nitrogens with one attached hydrogen (secondary N) is 1. The van der Waals surface area contributed by atoms with Gasteiger partial charge in [0.1, 0.15) is 0 Å². The van der Waals surface area contributed by atoms with Gasteiger partial charge >= 0.3 is 0 Å². The summed E-state index contributed by atoms with van der Waals surface area (Å²) in [5, 5.41) is 2.90. The molecule has 0 bridgehead atoms. The summed E-state index contributed by atoms with van der Waals surface area (Å²) in [6, 6.07) is 7.85. The van der Waals surface area contributed by atoms with Gasteiger partial charge < -0.3 is 15.8 Å². The third-order valence-corrected chi connectivity index (χ3v) is 4.03. The summed E-state index contributed by atoms with van der Waals surface area (Å²) in [6.07, 6.45) is 6.62. The zero-order chi connectivity index (χ0) is 15.1. The SMILES string of the molecule is CC(CN)C(=O)Nc1cccc(COC2CCCCC2)c1. The maximum atomic E-state index is 11.8. The molecule has 1 aromatic rings. The second-order valence-electron chi connectivity index (χ2n) is 5.90. The minimum absolute atomic E-state index is 0.0390. The number of rotatable bonds is 6.